The lowest BCUT2D eigenvalue weighted by atomic mass is 10.1. The van der Waals surface area contributed by atoms with Gasteiger partial charge in [0.1, 0.15) is 4.90 Å². The molecule has 2 aromatic carbocycles. The molecule has 0 saturated carbocycles. The number of amides is 2. The molecule has 1 atom stereocenters. The number of hydrogen-bond donors (Lipinski definition) is 3. The van der Waals surface area contributed by atoms with E-state index in [4.69, 9.17) is 17.3 Å². The molecule has 1 heterocycles. The van der Waals surface area contributed by atoms with Gasteiger partial charge in [0.2, 0.25) is 0 Å². The van der Waals surface area contributed by atoms with Crippen molar-refractivity contribution in [2.24, 2.45) is 5.73 Å². The highest BCUT2D eigenvalue weighted by molar-refractivity contribution is 7.92. The van der Waals surface area contributed by atoms with Crippen molar-refractivity contribution in [3.8, 4) is 5.75 Å². The molecule has 1 aliphatic rings. The quantitative estimate of drug-likeness (QED) is 0.684. The van der Waals surface area contributed by atoms with Crippen molar-refractivity contribution < 1.29 is 18.3 Å². The Kier molecular flexibility index (Phi) is 5.83. The fourth-order valence-electron chi connectivity index (χ4n) is 3.44. The summed E-state index contributed by atoms with van der Waals surface area (Å²) in [6, 6.07) is 8.99. The second-order valence-electron chi connectivity index (χ2n) is 6.56. The molecule has 1 aliphatic heterocycles. The van der Waals surface area contributed by atoms with Crippen LogP contribution in [0.1, 0.15) is 18.9 Å². The highest BCUT2D eigenvalue weighted by Gasteiger charge is 2.36. The number of aromatic hydroxyl groups is 1. The SMILES string of the molecule is CCc1ccccc1N(C(N)=O)c1ccc(Cl)c(S(=O)(=O)[C@@H]2CCNC2)c1O. The third kappa shape index (κ3) is 3.55. The first-order valence-electron chi connectivity index (χ1n) is 8.92. The summed E-state index contributed by atoms with van der Waals surface area (Å²) in [6.07, 6.45) is 1.04. The number of carbonyl (C=O) groups excluding carboxylic acids is 1. The molecule has 1 saturated heterocycles. The molecule has 2 amide bonds. The third-order valence-electron chi connectivity index (χ3n) is 4.88. The molecule has 28 heavy (non-hydrogen) atoms. The van der Waals surface area contributed by atoms with Gasteiger partial charge < -0.3 is 16.2 Å². The van der Waals surface area contributed by atoms with Crippen LogP contribution in [0.2, 0.25) is 5.02 Å². The van der Waals surface area contributed by atoms with Crippen LogP contribution in [0.15, 0.2) is 41.3 Å². The van der Waals surface area contributed by atoms with Crippen molar-refractivity contribution in [2.75, 3.05) is 18.0 Å². The highest BCUT2D eigenvalue weighted by Crippen LogP contribution is 2.43. The van der Waals surface area contributed by atoms with Crippen LogP contribution in [0.25, 0.3) is 0 Å². The van der Waals surface area contributed by atoms with E-state index < -0.39 is 26.9 Å². The van der Waals surface area contributed by atoms with Crippen LogP contribution in [0.5, 0.6) is 5.75 Å². The minimum absolute atomic E-state index is 0.0256. The number of anilines is 2. The van der Waals surface area contributed by atoms with Gasteiger partial charge in [-0.05, 0) is 43.1 Å². The average molecular weight is 424 g/mol. The number of urea groups is 1. The molecule has 0 radical (unpaired) electrons. The Morgan fingerprint density at radius 1 is 1.29 bits per heavy atom. The summed E-state index contributed by atoms with van der Waals surface area (Å²) in [4.78, 5) is 13.0. The van der Waals surface area contributed by atoms with Crippen LogP contribution in [0.3, 0.4) is 0 Å². The van der Waals surface area contributed by atoms with Gasteiger partial charge in [0.05, 0.1) is 21.6 Å². The first-order valence-corrected chi connectivity index (χ1v) is 10.8. The number of hydrogen-bond acceptors (Lipinski definition) is 5. The number of halogens is 1. The molecule has 1 fully saturated rings. The minimum atomic E-state index is -3.90. The smallest absolute Gasteiger partial charge is 0.324 e. The number of rotatable bonds is 5. The molecular formula is C19H22ClN3O4S. The second kappa shape index (κ2) is 7.98. The zero-order valence-electron chi connectivity index (χ0n) is 15.4. The van der Waals surface area contributed by atoms with Crippen molar-refractivity contribution >= 4 is 38.8 Å². The van der Waals surface area contributed by atoms with E-state index in [1.54, 1.807) is 12.1 Å². The second-order valence-corrected chi connectivity index (χ2v) is 9.13. The Labute approximate surface area is 169 Å². The van der Waals surface area contributed by atoms with Gasteiger partial charge in [-0.15, -0.1) is 0 Å². The molecule has 150 valence electrons. The lowest BCUT2D eigenvalue weighted by molar-refractivity contribution is 0.256. The first kappa shape index (κ1) is 20.4. The molecule has 0 aliphatic carbocycles. The molecule has 9 heteroatoms. The van der Waals surface area contributed by atoms with Gasteiger partial charge in [-0.1, -0.05) is 36.7 Å². The molecule has 3 rings (SSSR count). The molecule has 0 bridgehead atoms. The van der Waals surface area contributed by atoms with Gasteiger partial charge in [0, 0.05) is 6.54 Å². The maximum atomic E-state index is 13.1. The topological polar surface area (TPSA) is 113 Å². The number of carbonyl (C=O) groups is 1. The van der Waals surface area contributed by atoms with E-state index in [-0.39, 0.29) is 22.2 Å². The summed E-state index contributed by atoms with van der Waals surface area (Å²) in [7, 11) is -3.90. The summed E-state index contributed by atoms with van der Waals surface area (Å²) in [5.41, 5.74) is 6.86. The lowest BCUT2D eigenvalue weighted by Crippen LogP contribution is -2.32. The zero-order valence-corrected chi connectivity index (χ0v) is 16.9. The minimum Gasteiger partial charge on any atom is -0.504 e. The molecule has 2 aromatic rings. The number of aryl methyl sites for hydroxylation is 1. The van der Waals surface area contributed by atoms with Gasteiger partial charge >= 0.3 is 6.03 Å². The number of phenols is 1. The van der Waals surface area contributed by atoms with Crippen molar-refractivity contribution in [3.05, 3.63) is 47.0 Å². The van der Waals surface area contributed by atoms with E-state index >= 15 is 0 Å². The number of sulfone groups is 1. The van der Waals surface area contributed by atoms with E-state index in [0.29, 0.717) is 25.1 Å². The van der Waals surface area contributed by atoms with Gasteiger partial charge in [-0.25, -0.2) is 13.2 Å². The molecule has 0 spiro atoms. The Hall–Kier alpha value is -2.29. The Balaban J connectivity index is 2.20. The Bertz CT molecular complexity index is 1000. The van der Waals surface area contributed by atoms with Crippen LogP contribution in [0.4, 0.5) is 16.2 Å². The predicted molar refractivity (Wildman–Crippen MR) is 109 cm³/mol. The third-order valence-corrected chi connectivity index (χ3v) is 7.56. The number of benzene rings is 2. The standard InChI is InChI=1S/C19H22ClN3O4S/c1-2-12-5-3-4-6-15(12)23(19(21)25)16-8-7-14(20)18(17(16)24)28(26,27)13-9-10-22-11-13/h3-8,13,22,24H,2,9-11H2,1H3,(H2,21,25)/t13-/m1/s1. The maximum absolute atomic E-state index is 13.1. The summed E-state index contributed by atoms with van der Waals surface area (Å²) >= 11 is 6.16. The van der Waals surface area contributed by atoms with E-state index in [0.717, 1.165) is 10.5 Å². The largest absolute Gasteiger partial charge is 0.504 e. The Morgan fingerprint density at radius 3 is 2.61 bits per heavy atom. The Morgan fingerprint density at radius 2 is 2.00 bits per heavy atom. The van der Waals surface area contributed by atoms with Gasteiger partial charge in [0.25, 0.3) is 0 Å². The maximum Gasteiger partial charge on any atom is 0.324 e. The zero-order chi connectivity index (χ0) is 20.5. The number of nitrogens with zero attached hydrogens (tertiary/aromatic N) is 1. The predicted octanol–water partition coefficient (Wildman–Crippen LogP) is 2.96. The van der Waals surface area contributed by atoms with Gasteiger partial charge in [-0.2, -0.15) is 0 Å². The monoisotopic (exact) mass is 423 g/mol. The number of para-hydroxylation sites is 1. The number of primary amides is 1. The molecular weight excluding hydrogens is 402 g/mol. The van der Waals surface area contributed by atoms with E-state index in [9.17, 15) is 18.3 Å². The van der Waals surface area contributed by atoms with Crippen molar-refractivity contribution in [1.82, 2.24) is 5.32 Å². The summed E-state index contributed by atoms with van der Waals surface area (Å²) < 4.78 is 26.1. The normalized spacial score (nSPS) is 16.9. The van der Waals surface area contributed by atoms with E-state index in [1.165, 1.54) is 12.1 Å². The van der Waals surface area contributed by atoms with E-state index in [2.05, 4.69) is 5.32 Å². The average Bonchev–Trinajstić information content (AvgIpc) is 3.19. The van der Waals surface area contributed by atoms with Crippen molar-refractivity contribution in [1.29, 1.82) is 0 Å². The summed E-state index contributed by atoms with van der Waals surface area (Å²) in [5.74, 6) is -0.580. The number of nitrogens with two attached hydrogens (primary N) is 1. The molecule has 0 unspecified atom stereocenters. The molecule has 7 nitrogen and oxygen atoms in total. The lowest BCUT2D eigenvalue weighted by Gasteiger charge is -2.25. The fraction of sp³-hybridized carbons (Fsp3) is 0.316. The van der Waals surface area contributed by atoms with Gasteiger partial charge in [0.15, 0.2) is 15.6 Å². The van der Waals surface area contributed by atoms with Crippen molar-refractivity contribution in [3.63, 3.8) is 0 Å². The van der Waals surface area contributed by atoms with Crippen LogP contribution >= 0.6 is 11.6 Å². The van der Waals surface area contributed by atoms with Crippen LogP contribution in [-0.4, -0.2) is 37.9 Å². The van der Waals surface area contributed by atoms with E-state index in [1.807, 2.05) is 19.1 Å². The summed E-state index contributed by atoms with van der Waals surface area (Å²) in [5, 5.41) is 13.1. The summed E-state index contributed by atoms with van der Waals surface area (Å²) in [6.45, 7) is 2.77. The van der Waals surface area contributed by atoms with Crippen molar-refractivity contribution in [2.45, 2.75) is 29.9 Å². The molecule has 4 N–H and O–H groups in total. The number of phenolic OH excluding ortho intramolecular Hbond substituents is 1. The first-order chi connectivity index (χ1) is 13.3. The van der Waals surface area contributed by atoms with Crippen LogP contribution < -0.4 is 16.0 Å². The van der Waals surface area contributed by atoms with Crippen LogP contribution in [0, 0.1) is 0 Å². The van der Waals surface area contributed by atoms with Crippen LogP contribution in [-0.2, 0) is 16.3 Å². The highest BCUT2D eigenvalue weighted by atomic mass is 35.5. The fourth-order valence-corrected chi connectivity index (χ4v) is 5.73. The van der Waals surface area contributed by atoms with Gasteiger partial charge in [-0.3, -0.25) is 4.90 Å². The number of nitrogens with one attached hydrogen (secondary N) is 1. The molecule has 0 aromatic heterocycles.